The number of fused-ring (bicyclic) bond motifs is 1. The van der Waals surface area contributed by atoms with Gasteiger partial charge in [0.1, 0.15) is 0 Å². The van der Waals surface area contributed by atoms with E-state index in [2.05, 4.69) is 0 Å². The zero-order valence-corrected chi connectivity index (χ0v) is 10.2. The van der Waals surface area contributed by atoms with Crippen molar-refractivity contribution in [3.05, 3.63) is 47.9 Å². The van der Waals surface area contributed by atoms with E-state index in [4.69, 9.17) is 11.0 Å². The van der Waals surface area contributed by atoms with Crippen molar-refractivity contribution < 1.29 is 8.42 Å². The second-order valence-corrected chi connectivity index (χ2v) is 5.48. The number of nitrogens with zero attached hydrogens (tertiary/aromatic N) is 1. The number of sulfone groups is 1. The largest absolute Gasteiger partial charge is 0.398 e. The molecule has 5 heteroatoms. The molecule has 90 valence electrons. The van der Waals surface area contributed by atoms with Gasteiger partial charge in [0.25, 0.3) is 0 Å². The van der Waals surface area contributed by atoms with Crippen molar-refractivity contribution in [3.63, 3.8) is 0 Å². The number of nitrogen functional groups attached to an aromatic ring is 1. The summed E-state index contributed by atoms with van der Waals surface area (Å²) >= 11 is 0. The molecular formula is C13H10N2O2S. The number of benzene rings is 2. The van der Waals surface area contributed by atoms with Gasteiger partial charge in [-0.15, -0.1) is 0 Å². The van der Waals surface area contributed by atoms with Crippen molar-refractivity contribution in [2.75, 3.05) is 5.73 Å². The molecule has 0 bridgehead atoms. The maximum absolute atomic E-state index is 12.0. The molecule has 2 rings (SSSR count). The van der Waals surface area contributed by atoms with E-state index in [0.717, 1.165) is 11.5 Å². The number of nitrogens with two attached hydrogens (primary N) is 1. The molecule has 0 spiro atoms. The number of rotatable bonds is 2. The Morgan fingerprint density at radius 3 is 2.44 bits per heavy atom. The van der Waals surface area contributed by atoms with Crippen molar-refractivity contribution in [1.82, 2.24) is 0 Å². The van der Waals surface area contributed by atoms with E-state index in [1.54, 1.807) is 36.4 Å². The summed E-state index contributed by atoms with van der Waals surface area (Å²) in [6.45, 7) is 0. The lowest BCUT2D eigenvalue weighted by Crippen LogP contribution is -1.99. The summed E-state index contributed by atoms with van der Waals surface area (Å²) in [7, 11) is -3.62. The van der Waals surface area contributed by atoms with Crippen LogP contribution in [0.1, 0.15) is 0 Å². The van der Waals surface area contributed by atoms with Crippen LogP contribution in [-0.4, -0.2) is 8.42 Å². The molecule has 0 amide bonds. The van der Waals surface area contributed by atoms with Crippen molar-refractivity contribution in [2.45, 2.75) is 4.90 Å². The fourth-order valence-corrected chi connectivity index (χ4v) is 2.87. The molecule has 18 heavy (non-hydrogen) atoms. The van der Waals surface area contributed by atoms with Crippen LogP contribution in [0.5, 0.6) is 0 Å². The molecule has 2 aromatic rings. The lowest BCUT2D eigenvalue weighted by molar-refractivity contribution is 0.605. The third kappa shape index (κ3) is 2.06. The standard InChI is InChI=1S/C13H10N2O2S/c14-8-3-9-18(16,17)13-7-6-12(15)10-4-1-2-5-11(10)13/h1-7,9H,15H2. The zero-order chi connectivity index (χ0) is 13.2. The van der Waals surface area contributed by atoms with E-state index in [9.17, 15) is 8.42 Å². The molecule has 0 fully saturated rings. The summed E-state index contributed by atoms with van der Waals surface area (Å²) in [5.41, 5.74) is 6.33. The third-order valence-electron chi connectivity index (χ3n) is 2.55. The smallest absolute Gasteiger partial charge is 0.201 e. The summed E-state index contributed by atoms with van der Waals surface area (Å²) in [4.78, 5) is 0.152. The van der Waals surface area contributed by atoms with Crippen molar-refractivity contribution in [3.8, 4) is 6.07 Å². The van der Waals surface area contributed by atoms with Gasteiger partial charge in [-0.05, 0) is 12.1 Å². The van der Waals surface area contributed by atoms with Crippen LogP contribution in [0.15, 0.2) is 52.8 Å². The second-order valence-electron chi connectivity index (χ2n) is 3.68. The van der Waals surface area contributed by atoms with Gasteiger partial charge in [0.2, 0.25) is 9.84 Å². The minimum absolute atomic E-state index is 0.152. The van der Waals surface area contributed by atoms with Crippen LogP contribution in [0.25, 0.3) is 10.8 Å². The first-order chi connectivity index (χ1) is 8.56. The Morgan fingerprint density at radius 1 is 1.11 bits per heavy atom. The first-order valence-corrected chi connectivity index (χ1v) is 6.69. The lowest BCUT2D eigenvalue weighted by Gasteiger charge is -2.07. The van der Waals surface area contributed by atoms with E-state index in [-0.39, 0.29) is 4.90 Å². The molecule has 0 aliphatic carbocycles. The first-order valence-electron chi connectivity index (χ1n) is 5.15. The molecule has 0 saturated heterocycles. The topological polar surface area (TPSA) is 84.0 Å². The number of hydrogen-bond acceptors (Lipinski definition) is 4. The predicted molar refractivity (Wildman–Crippen MR) is 70.3 cm³/mol. The Morgan fingerprint density at radius 2 is 1.78 bits per heavy atom. The Hall–Kier alpha value is -2.32. The summed E-state index contributed by atoms with van der Waals surface area (Å²) < 4.78 is 24.1. The Kier molecular flexibility index (Phi) is 3.04. The van der Waals surface area contributed by atoms with Crippen LogP contribution in [-0.2, 0) is 9.84 Å². The minimum Gasteiger partial charge on any atom is -0.398 e. The normalized spacial score (nSPS) is 11.7. The van der Waals surface area contributed by atoms with Gasteiger partial charge in [0, 0.05) is 27.9 Å². The van der Waals surface area contributed by atoms with Gasteiger partial charge in [0.05, 0.1) is 11.0 Å². The van der Waals surface area contributed by atoms with E-state index in [1.807, 2.05) is 0 Å². The van der Waals surface area contributed by atoms with Crippen LogP contribution >= 0.6 is 0 Å². The first kappa shape index (κ1) is 12.1. The molecule has 0 aromatic heterocycles. The third-order valence-corrected chi connectivity index (χ3v) is 4.01. The molecule has 2 N–H and O–H groups in total. The molecule has 2 aromatic carbocycles. The van der Waals surface area contributed by atoms with E-state index < -0.39 is 9.84 Å². The van der Waals surface area contributed by atoms with Crippen LogP contribution in [0.4, 0.5) is 5.69 Å². The summed E-state index contributed by atoms with van der Waals surface area (Å²) in [5.74, 6) is 0. The van der Waals surface area contributed by atoms with Gasteiger partial charge in [-0.2, -0.15) is 5.26 Å². The van der Waals surface area contributed by atoms with Gasteiger partial charge in [-0.1, -0.05) is 24.3 Å². The molecular weight excluding hydrogens is 248 g/mol. The number of allylic oxidation sites excluding steroid dienone is 1. The summed E-state index contributed by atoms with van der Waals surface area (Å²) in [5, 5.41) is 10.5. The second kappa shape index (κ2) is 4.51. The fraction of sp³-hybridized carbons (Fsp3) is 0. The van der Waals surface area contributed by atoms with E-state index >= 15 is 0 Å². The highest BCUT2D eigenvalue weighted by Gasteiger charge is 2.15. The SMILES string of the molecule is N#CC=CS(=O)(=O)c1ccc(N)c2ccccc12. The maximum Gasteiger partial charge on any atom is 0.201 e. The predicted octanol–water partition coefficient (Wildman–Crippen LogP) is 2.23. The molecule has 0 aliphatic rings. The number of anilines is 1. The monoisotopic (exact) mass is 258 g/mol. The highest BCUT2D eigenvalue weighted by atomic mass is 32.2. The van der Waals surface area contributed by atoms with E-state index in [1.165, 1.54) is 6.07 Å². The maximum atomic E-state index is 12.0. The average molecular weight is 258 g/mol. The highest BCUT2D eigenvalue weighted by Crippen LogP contribution is 2.28. The van der Waals surface area contributed by atoms with Gasteiger partial charge < -0.3 is 5.73 Å². The van der Waals surface area contributed by atoms with Crippen LogP contribution in [0, 0.1) is 11.3 Å². The zero-order valence-electron chi connectivity index (χ0n) is 9.37. The van der Waals surface area contributed by atoms with Crippen LogP contribution in [0.3, 0.4) is 0 Å². The van der Waals surface area contributed by atoms with Crippen LogP contribution in [0.2, 0.25) is 0 Å². The Bertz CT molecular complexity index is 771. The molecule has 0 unspecified atom stereocenters. The summed E-state index contributed by atoms with van der Waals surface area (Å²) in [6, 6.07) is 11.7. The van der Waals surface area contributed by atoms with Crippen molar-refractivity contribution >= 4 is 26.3 Å². The van der Waals surface area contributed by atoms with Gasteiger partial charge in [0.15, 0.2) is 0 Å². The molecule has 0 atom stereocenters. The lowest BCUT2D eigenvalue weighted by atomic mass is 10.1. The fourth-order valence-electron chi connectivity index (χ4n) is 1.74. The molecule has 0 heterocycles. The minimum atomic E-state index is -3.62. The Balaban J connectivity index is 2.79. The molecule has 4 nitrogen and oxygen atoms in total. The van der Waals surface area contributed by atoms with Gasteiger partial charge >= 0.3 is 0 Å². The molecule has 0 radical (unpaired) electrons. The molecule has 0 saturated carbocycles. The molecule has 0 aliphatic heterocycles. The average Bonchev–Trinajstić information content (AvgIpc) is 2.37. The van der Waals surface area contributed by atoms with E-state index in [0.29, 0.717) is 16.5 Å². The Labute approximate surface area is 105 Å². The van der Waals surface area contributed by atoms with Crippen molar-refractivity contribution in [2.24, 2.45) is 0 Å². The summed E-state index contributed by atoms with van der Waals surface area (Å²) in [6.07, 6.45) is 0.945. The van der Waals surface area contributed by atoms with Crippen LogP contribution < -0.4 is 5.73 Å². The quantitative estimate of drug-likeness (QED) is 0.661. The highest BCUT2D eigenvalue weighted by molar-refractivity contribution is 7.94. The van der Waals surface area contributed by atoms with Gasteiger partial charge in [-0.25, -0.2) is 8.42 Å². The number of hydrogen-bond donors (Lipinski definition) is 1. The van der Waals surface area contributed by atoms with Gasteiger partial charge in [-0.3, -0.25) is 0 Å². The number of nitriles is 1. The van der Waals surface area contributed by atoms with Crippen molar-refractivity contribution in [1.29, 1.82) is 5.26 Å².